The lowest BCUT2D eigenvalue weighted by molar-refractivity contribution is 0.0694. The summed E-state index contributed by atoms with van der Waals surface area (Å²) in [5.74, 6) is -0.636. The molecule has 3 rings (SSSR count). The summed E-state index contributed by atoms with van der Waals surface area (Å²) in [5.41, 5.74) is 2.54. The van der Waals surface area contributed by atoms with Crippen molar-refractivity contribution in [1.29, 1.82) is 0 Å². The van der Waals surface area contributed by atoms with Crippen molar-refractivity contribution < 1.29 is 9.90 Å². The topological polar surface area (TPSA) is 67.5 Å². The van der Waals surface area contributed by atoms with Gasteiger partial charge in [-0.3, -0.25) is 0 Å². The van der Waals surface area contributed by atoms with Gasteiger partial charge in [-0.05, 0) is 35.7 Å². The number of aryl methyl sites for hydroxylation is 1. The fourth-order valence-corrected chi connectivity index (χ4v) is 2.35. The molecule has 2 aromatic heterocycles. The van der Waals surface area contributed by atoms with Gasteiger partial charge in [0.05, 0.1) is 21.4 Å². The van der Waals surface area contributed by atoms with Crippen molar-refractivity contribution in [2.75, 3.05) is 0 Å². The molecule has 0 spiro atoms. The highest BCUT2D eigenvalue weighted by atomic mass is 79.9. The second-order valence-corrected chi connectivity index (χ2v) is 5.06. The number of hydrogen-bond acceptors (Lipinski definition) is 3. The van der Waals surface area contributed by atoms with Gasteiger partial charge in [0.1, 0.15) is 0 Å². The summed E-state index contributed by atoms with van der Waals surface area (Å²) < 4.78 is 2.50. The van der Waals surface area contributed by atoms with Gasteiger partial charge in [0.2, 0.25) is 0 Å². The van der Waals surface area contributed by atoms with Crippen LogP contribution in [0.25, 0.3) is 5.65 Å². The zero-order valence-electron chi connectivity index (χ0n) is 9.14. The summed E-state index contributed by atoms with van der Waals surface area (Å²) >= 11 is 3.42. The lowest BCUT2D eigenvalue weighted by atomic mass is 10.1. The Morgan fingerprint density at radius 2 is 2.29 bits per heavy atom. The van der Waals surface area contributed by atoms with Crippen LogP contribution in [0.5, 0.6) is 0 Å². The monoisotopic (exact) mass is 295 g/mol. The van der Waals surface area contributed by atoms with E-state index in [9.17, 15) is 9.90 Å². The Morgan fingerprint density at radius 3 is 2.88 bits per heavy atom. The molecular formula is C11H10BrN3O2. The van der Waals surface area contributed by atoms with Crippen molar-refractivity contribution in [2.24, 2.45) is 0 Å². The molecule has 5 nitrogen and oxygen atoms in total. The minimum absolute atomic E-state index is 0.259. The van der Waals surface area contributed by atoms with Crippen molar-refractivity contribution in [3.63, 3.8) is 0 Å². The molecule has 0 atom stereocenters. The molecule has 88 valence electrons. The molecule has 1 N–H and O–H groups in total. The molecule has 1 saturated carbocycles. The molecule has 0 aliphatic heterocycles. The molecule has 1 fully saturated rings. The Morgan fingerprint density at radius 1 is 1.59 bits per heavy atom. The van der Waals surface area contributed by atoms with Gasteiger partial charge in [-0.1, -0.05) is 0 Å². The summed E-state index contributed by atoms with van der Waals surface area (Å²) in [4.78, 5) is 15.4. The minimum Gasteiger partial charge on any atom is -0.478 e. The highest BCUT2D eigenvalue weighted by Crippen LogP contribution is 2.42. The van der Waals surface area contributed by atoms with Crippen LogP contribution in [0.1, 0.15) is 40.5 Å². The summed E-state index contributed by atoms with van der Waals surface area (Å²) in [7, 11) is 0. The summed E-state index contributed by atoms with van der Waals surface area (Å²) in [6.07, 6.45) is 3.48. The second kappa shape index (κ2) is 3.53. The molecular weight excluding hydrogens is 286 g/mol. The van der Waals surface area contributed by atoms with Gasteiger partial charge in [-0.25, -0.2) is 14.3 Å². The van der Waals surface area contributed by atoms with Gasteiger partial charge >= 0.3 is 5.97 Å². The largest absolute Gasteiger partial charge is 0.478 e. The molecule has 2 aromatic rings. The van der Waals surface area contributed by atoms with Crippen LogP contribution in [0.15, 0.2) is 10.7 Å². The number of aromatic nitrogens is 3. The van der Waals surface area contributed by atoms with E-state index < -0.39 is 5.97 Å². The third kappa shape index (κ3) is 1.55. The highest BCUT2D eigenvalue weighted by Gasteiger charge is 2.32. The average molecular weight is 296 g/mol. The Bertz CT molecular complexity index is 631. The molecule has 0 radical (unpaired) electrons. The standard InChI is InChI=1S/C11H10BrN3O2/c1-5-8(12)10-13-4-7(11(16)17)9(6-2-3-6)15(10)14-5/h4,6H,2-3H2,1H3,(H,16,17). The van der Waals surface area contributed by atoms with Gasteiger partial charge in [0.25, 0.3) is 0 Å². The highest BCUT2D eigenvalue weighted by molar-refractivity contribution is 9.10. The third-order valence-electron chi connectivity index (χ3n) is 2.98. The third-order valence-corrected chi connectivity index (χ3v) is 3.91. The Balaban J connectivity index is 2.38. The minimum atomic E-state index is -0.939. The molecule has 0 aromatic carbocycles. The van der Waals surface area contributed by atoms with Crippen molar-refractivity contribution >= 4 is 27.5 Å². The van der Waals surface area contributed by atoms with E-state index in [0.717, 1.165) is 28.7 Å². The lowest BCUT2D eigenvalue weighted by Gasteiger charge is -2.06. The van der Waals surface area contributed by atoms with Gasteiger partial charge < -0.3 is 5.11 Å². The first kappa shape index (κ1) is 10.7. The van der Waals surface area contributed by atoms with Crippen LogP contribution in [-0.4, -0.2) is 25.7 Å². The van der Waals surface area contributed by atoms with Crippen LogP contribution in [-0.2, 0) is 0 Å². The predicted octanol–water partition coefficient (Wildman–Crippen LogP) is 2.38. The van der Waals surface area contributed by atoms with Gasteiger partial charge in [0, 0.05) is 12.1 Å². The Kier molecular flexibility index (Phi) is 2.22. The molecule has 0 saturated heterocycles. The van der Waals surface area contributed by atoms with E-state index >= 15 is 0 Å². The molecule has 17 heavy (non-hydrogen) atoms. The van der Waals surface area contributed by atoms with Crippen LogP contribution in [0.2, 0.25) is 0 Å². The lowest BCUT2D eigenvalue weighted by Crippen LogP contribution is -2.09. The van der Waals surface area contributed by atoms with E-state index in [0.29, 0.717) is 11.6 Å². The molecule has 1 aliphatic carbocycles. The molecule has 1 aliphatic rings. The van der Waals surface area contributed by atoms with E-state index in [-0.39, 0.29) is 5.56 Å². The van der Waals surface area contributed by atoms with Crippen molar-refractivity contribution in [1.82, 2.24) is 14.6 Å². The first-order chi connectivity index (χ1) is 8.09. The SMILES string of the molecule is Cc1nn2c(C3CC3)c(C(=O)O)cnc2c1Br. The predicted molar refractivity (Wildman–Crippen MR) is 64.4 cm³/mol. The van der Waals surface area contributed by atoms with Gasteiger partial charge in [-0.2, -0.15) is 5.10 Å². The van der Waals surface area contributed by atoms with E-state index in [1.165, 1.54) is 6.20 Å². The van der Waals surface area contributed by atoms with E-state index in [1.807, 2.05) is 6.92 Å². The quantitative estimate of drug-likeness (QED) is 0.924. The molecule has 0 bridgehead atoms. The van der Waals surface area contributed by atoms with Crippen molar-refractivity contribution in [3.8, 4) is 0 Å². The van der Waals surface area contributed by atoms with Crippen LogP contribution in [0, 0.1) is 6.92 Å². The number of halogens is 1. The first-order valence-corrected chi connectivity index (χ1v) is 6.16. The number of hydrogen-bond donors (Lipinski definition) is 1. The number of rotatable bonds is 2. The first-order valence-electron chi connectivity index (χ1n) is 5.36. The number of aromatic carboxylic acids is 1. The maximum Gasteiger partial charge on any atom is 0.339 e. The number of carbonyl (C=O) groups is 1. The van der Waals surface area contributed by atoms with E-state index in [2.05, 4.69) is 26.0 Å². The zero-order valence-corrected chi connectivity index (χ0v) is 10.7. The normalized spacial score (nSPS) is 15.4. The molecule has 0 amide bonds. The van der Waals surface area contributed by atoms with Crippen molar-refractivity contribution in [2.45, 2.75) is 25.7 Å². The smallest absolute Gasteiger partial charge is 0.339 e. The maximum absolute atomic E-state index is 11.2. The Labute approximate surface area is 106 Å². The van der Waals surface area contributed by atoms with E-state index in [1.54, 1.807) is 4.52 Å². The Hall–Kier alpha value is -1.43. The van der Waals surface area contributed by atoms with Crippen LogP contribution >= 0.6 is 15.9 Å². The zero-order chi connectivity index (χ0) is 12.2. The fourth-order valence-electron chi connectivity index (χ4n) is 2.00. The number of carboxylic acids is 1. The maximum atomic E-state index is 11.2. The molecule has 2 heterocycles. The molecule has 0 unspecified atom stereocenters. The summed E-state index contributed by atoms with van der Waals surface area (Å²) in [6, 6.07) is 0. The molecule has 6 heteroatoms. The number of nitrogens with zero attached hydrogens (tertiary/aromatic N) is 3. The van der Waals surface area contributed by atoms with Crippen LogP contribution < -0.4 is 0 Å². The van der Waals surface area contributed by atoms with Crippen LogP contribution in [0.3, 0.4) is 0 Å². The van der Waals surface area contributed by atoms with Crippen LogP contribution in [0.4, 0.5) is 0 Å². The summed E-state index contributed by atoms with van der Waals surface area (Å²) in [6.45, 7) is 1.87. The number of fused-ring (bicyclic) bond motifs is 1. The van der Waals surface area contributed by atoms with Gasteiger partial charge in [-0.15, -0.1) is 0 Å². The van der Waals surface area contributed by atoms with E-state index in [4.69, 9.17) is 0 Å². The second-order valence-electron chi connectivity index (χ2n) is 4.27. The number of carboxylic acid groups (broad SMARTS) is 1. The fraction of sp³-hybridized carbons (Fsp3) is 0.364. The van der Waals surface area contributed by atoms with Gasteiger partial charge in [0.15, 0.2) is 5.65 Å². The van der Waals surface area contributed by atoms with Crippen molar-refractivity contribution in [3.05, 3.63) is 27.6 Å². The average Bonchev–Trinajstić information content (AvgIpc) is 3.07. The summed E-state index contributed by atoms with van der Waals surface area (Å²) in [5, 5.41) is 13.5.